The number of pyridine rings is 1. The second-order valence-electron chi connectivity index (χ2n) is 4.99. The third-order valence-electron chi connectivity index (χ3n) is 3.38. The Morgan fingerprint density at radius 1 is 1.26 bits per heavy atom. The molecule has 0 amide bonds. The Balaban J connectivity index is 2.35. The SMILES string of the molecule is CCCCC(CC)COc1ccc(CNCC)nc1. The maximum atomic E-state index is 5.83. The van der Waals surface area contributed by atoms with Gasteiger partial charge in [-0.1, -0.05) is 40.0 Å². The number of nitrogens with zero attached hydrogens (tertiary/aromatic N) is 1. The molecule has 0 radical (unpaired) electrons. The van der Waals surface area contributed by atoms with Gasteiger partial charge in [0.1, 0.15) is 5.75 Å². The predicted molar refractivity (Wildman–Crippen MR) is 80.4 cm³/mol. The molecule has 1 N–H and O–H groups in total. The summed E-state index contributed by atoms with van der Waals surface area (Å²) in [7, 11) is 0. The minimum Gasteiger partial charge on any atom is -0.492 e. The van der Waals surface area contributed by atoms with Crippen LogP contribution in [0.25, 0.3) is 0 Å². The lowest BCUT2D eigenvalue weighted by Gasteiger charge is -2.15. The van der Waals surface area contributed by atoms with Crippen LogP contribution in [0.15, 0.2) is 18.3 Å². The van der Waals surface area contributed by atoms with Crippen LogP contribution in [0.1, 0.15) is 52.1 Å². The first-order valence-electron chi connectivity index (χ1n) is 7.58. The first-order valence-corrected chi connectivity index (χ1v) is 7.58. The molecule has 0 saturated carbocycles. The molecular formula is C16H28N2O. The molecule has 0 aliphatic heterocycles. The molecule has 108 valence electrons. The van der Waals surface area contributed by atoms with Gasteiger partial charge in [-0.3, -0.25) is 4.98 Å². The molecule has 3 nitrogen and oxygen atoms in total. The summed E-state index contributed by atoms with van der Waals surface area (Å²) in [6, 6.07) is 4.05. The minimum atomic E-state index is 0.668. The summed E-state index contributed by atoms with van der Waals surface area (Å²) in [6.07, 6.45) is 6.84. The number of unbranched alkanes of at least 4 members (excludes halogenated alkanes) is 1. The van der Waals surface area contributed by atoms with Gasteiger partial charge >= 0.3 is 0 Å². The van der Waals surface area contributed by atoms with Gasteiger partial charge in [-0.2, -0.15) is 0 Å². The van der Waals surface area contributed by atoms with Gasteiger partial charge in [-0.25, -0.2) is 0 Å². The molecule has 1 unspecified atom stereocenters. The Kier molecular flexibility index (Phi) is 8.23. The Labute approximate surface area is 117 Å². The van der Waals surface area contributed by atoms with E-state index in [2.05, 4.69) is 31.1 Å². The largest absolute Gasteiger partial charge is 0.492 e. The fraction of sp³-hybridized carbons (Fsp3) is 0.688. The molecule has 1 rings (SSSR count). The van der Waals surface area contributed by atoms with E-state index in [-0.39, 0.29) is 0 Å². The molecule has 19 heavy (non-hydrogen) atoms. The van der Waals surface area contributed by atoms with Gasteiger partial charge in [0.05, 0.1) is 18.5 Å². The lowest BCUT2D eigenvalue weighted by atomic mass is 10.0. The van der Waals surface area contributed by atoms with Crippen molar-refractivity contribution in [1.29, 1.82) is 0 Å². The van der Waals surface area contributed by atoms with Gasteiger partial charge in [0.25, 0.3) is 0 Å². The van der Waals surface area contributed by atoms with Crippen LogP contribution >= 0.6 is 0 Å². The molecule has 1 heterocycles. The molecule has 1 aromatic heterocycles. The maximum absolute atomic E-state index is 5.83. The van der Waals surface area contributed by atoms with Crippen molar-refractivity contribution >= 4 is 0 Å². The number of rotatable bonds is 10. The Morgan fingerprint density at radius 3 is 2.68 bits per heavy atom. The van der Waals surface area contributed by atoms with Crippen LogP contribution < -0.4 is 10.1 Å². The van der Waals surface area contributed by atoms with Crippen LogP contribution in [0.3, 0.4) is 0 Å². The fourth-order valence-corrected chi connectivity index (χ4v) is 1.97. The number of nitrogens with one attached hydrogen (secondary N) is 1. The van der Waals surface area contributed by atoms with Gasteiger partial charge < -0.3 is 10.1 Å². The van der Waals surface area contributed by atoms with E-state index in [0.717, 1.165) is 31.1 Å². The van der Waals surface area contributed by atoms with Crippen molar-refractivity contribution in [2.45, 2.75) is 53.0 Å². The van der Waals surface area contributed by atoms with Crippen molar-refractivity contribution in [3.8, 4) is 5.75 Å². The zero-order valence-electron chi connectivity index (χ0n) is 12.6. The van der Waals surface area contributed by atoms with Gasteiger partial charge in [-0.15, -0.1) is 0 Å². The van der Waals surface area contributed by atoms with Gasteiger partial charge in [0, 0.05) is 6.54 Å². The van der Waals surface area contributed by atoms with Crippen LogP contribution in [0.2, 0.25) is 0 Å². The lowest BCUT2D eigenvalue weighted by molar-refractivity contribution is 0.232. The lowest BCUT2D eigenvalue weighted by Crippen LogP contribution is -2.13. The van der Waals surface area contributed by atoms with Crippen molar-refractivity contribution in [3.05, 3.63) is 24.0 Å². The number of hydrogen-bond donors (Lipinski definition) is 1. The molecule has 1 aromatic rings. The molecule has 0 bridgehead atoms. The van der Waals surface area contributed by atoms with E-state index in [0.29, 0.717) is 5.92 Å². The number of aromatic nitrogens is 1. The first kappa shape index (κ1) is 16.0. The molecular weight excluding hydrogens is 236 g/mol. The van der Waals surface area contributed by atoms with E-state index in [9.17, 15) is 0 Å². The van der Waals surface area contributed by atoms with E-state index in [1.807, 2.05) is 18.3 Å². The van der Waals surface area contributed by atoms with Crippen molar-refractivity contribution in [1.82, 2.24) is 10.3 Å². The van der Waals surface area contributed by atoms with E-state index in [4.69, 9.17) is 4.74 Å². The van der Waals surface area contributed by atoms with Crippen molar-refractivity contribution < 1.29 is 4.74 Å². The normalized spacial score (nSPS) is 12.4. The maximum Gasteiger partial charge on any atom is 0.137 e. The van der Waals surface area contributed by atoms with Crippen molar-refractivity contribution in [2.24, 2.45) is 5.92 Å². The molecule has 0 fully saturated rings. The summed E-state index contributed by atoms with van der Waals surface area (Å²) >= 11 is 0. The highest BCUT2D eigenvalue weighted by Gasteiger charge is 2.07. The van der Waals surface area contributed by atoms with Crippen LogP contribution in [-0.4, -0.2) is 18.1 Å². The third kappa shape index (κ3) is 6.58. The highest BCUT2D eigenvalue weighted by molar-refractivity contribution is 5.19. The van der Waals surface area contributed by atoms with E-state index >= 15 is 0 Å². The van der Waals surface area contributed by atoms with Crippen LogP contribution in [0.5, 0.6) is 5.75 Å². The molecule has 0 saturated heterocycles. The topological polar surface area (TPSA) is 34.1 Å². The highest BCUT2D eigenvalue weighted by Crippen LogP contribution is 2.16. The minimum absolute atomic E-state index is 0.668. The summed E-state index contributed by atoms with van der Waals surface area (Å²) in [4.78, 5) is 4.39. The van der Waals surface area contributed by atoms with Gasteiger partial charge in [0.15, 0.2) is 0 Å². The molecule has 0 aliphatic carbocycles. The van der Waals surface area contributed by atoms with Crippen LogP contribution in [0.4, 0.5) is 0 Å². The zero-order valence-corrected chi connectivity index (χ0v) is 12.6. The van der Waals surface area contributed by atoms with E-state index in [1.54, 1.807) is 0 Å². The second kappa shape index (κ2) is 9.79. The van der Waals surface area contributed by atoms with Crippen molar-refractivity contribution in [3.63, 3.8) is 0 Å². The van der Waals surface area contributed by atoms with Gasteiger partial charge in [0.2, 0.25) is 0 Å². The molecule has 0 spiro atoms. The summed E-state index contributed by atoms with van der Waals surface area (Å²) in [6.45, 7) is 9.17. The van der Waals surface area contributed by atoms with Crippen LogP contribution in [0, 0.1) is 5.92 Å². The average Bonchev–Trinajstić information content (AvgIpc) is 2.46. The second-order valence-corrected chi connectivity index (χ2v) is 4.99. The Hall–Kier alpha value is -1.09. The number of hydrogen-bond acceptors (Lipinski definition) is 3. The molecule has 1 atom stereocenters. The quantitative estimate of drug-likeness (QED) is 0.698. The summed E-state index contributed by atoms with van der Waals surface area (Å²) in [5, 5.41) is 3.26. The summed E-state index contributed by atoms with van der Waals surface area (Å²) < 4.78 is 5.83. The zero-order chi connectivity index (χ0) is 13.9. The smallest absolute Gasteiger partial charge is 0.137 e. The highest BCUT2D eigenvalue weighted by atomic mass is 16.5. The Morgan fingerprint density at radius 2 is 2.11 bits per heavy atom. The monoisotopic (exact) mass is 264 g/mol. The van der Waals surface area contributed by atoms with E-state index in [1.165, 1.54) is 25.7 Å². The predicted octanol–water partition coefficient (Wildman–Crippen LogP) is 3.79. The fourth-order valence-electron chi connectivity index (χ4n) is 1.97. The summed E-state index contributed by atoms with van der Waals surface area (Å²) in [5.41, 5.74) is 1.06. The first-order chi connectivity index (χ1) is 9.30. The Bertz CT molecular complexity index is 324. The third-order valence-corrected chi connectivity index (χ3v) is 3.38. The van der Waals surface area contributed by atoms with Crippen molar-refractivity contribution in [2.75, 3.05) is 13.2 Å². The standard InChI is InChI=1S/C16H28N2O/c1-4-7-8-14(5-2)13-19-16-10-9-15(18-12-16)11-17-6-3/h9-10,12,14,17H,4-8,11,13H2,1-3H3. The molecule has 0 aliphatic rings. The molecule has 0 aromatic carbocycles. The van der Waals surface area contributed by atoms with Gasteiger partial charge in [-0.05, 0) is 31.0 Å². The number of ether oxygens (including phenoxy) is 1. The molecule has 3 heteroatoms. The average molecular weight is 264 g/mol. The van der Waals surface area contributed by atoms with E-state index < -0.39 is 0 Å². The van der Waals surface area contributed by atoms with Crippen LogP contribution in [-0.2, 0) is 6.54 Å². The summed E-state index contributed by atoms with van der Waals surface area (Å²) in [5.74, 6) is 1.55.